The fourth-order valence-corrected chi connectivity index (χ4v) is 4.56. The van der Waals surface area contributed by atoms with Crippen LogP contribution in [0.2, 0.25) is 0 Å². The Kier molecular flexibility index (Phi) is 6.38. The maximum absolute atomic E-state index is 12.8. The van der Waals surface area contributed by atoms with Crippen LogP contribution in [0.1, 0.15) is 24.0 Å². The topological polar surface area (TPSA) is 58.6 Å². The molecule has 29 heavy (non-hydrogen) atoms. The van der Waals surface area contributed by atoms with E-state index in [4.69, 9.17) is 4.74 Å². The van der Waals surface area contributed by atoms with Crippen molar-refractivity contribution in [2.45, 2.75) is 30.9 Å². The molecule has 0 unspecified atom stereocenters. The lowest BCUT2D eigenvalue weighted by Gasteiger charge is -2.33. The molecule has 0 radical (unpaired) electrons. The molecule has 5 nitrogen and oxygen atoms in total. The van der Waals surface area contributed by atoms with Gasteiger partial charge < -0.3 is 9.64 Å². The first-order valence-corrected chi connectivity index (χ1v) is 10.9. The van der Waals surface area contributed by atoms with E-state index in [9.17, 15) is 21.6 Å². The molecule has 158 valence electrons. The Morgan fingerprint density at radius 2 is 1.90 bits per heavy atom. The summed E-state index contributed by atoms with van der Waals surface area (Å²) in [6.07, 6.45) is -2.31. The van der Waals surface area contributed by atoms with Gasteiger partial charge >= 0.3 is 6.18 Å². The first-order valence-electron chi connectivity index (χ1n) is 9.21. The zero-order valence-corrected chi connectivity index (χ0v) is 16.8. The van der Waals surface area contributed by atoms with Crippen molar-refractivity contribution >= 4 is 21.4 Å². The number of halogens is 3. The molecular formula is C20H23F3N2O3S. The van der Waals surface area contributed by atoms with E-state index in [1.54, 1.807) is 19.2 Å². The second-order valence-electron chi connectivity index (χ2n) is 7.05. The Hall–Kier alpha value is -2.26. The summed E-state index contributed by atoms with van der Waals surface area (Å²) in [5, 5.41) is 0. The highest BCUT2D eigenvalue weighted by Crippen LogP contribution is 2.30. The summed E-state index contributed by atoms with van der Waals surface area (Å²) in [5.74, 6) is -0.541. The van der Waals surface area contributed by atoms with Gasteiger partial charge in [0.25, 0.3) is 0 Å². The molecular weight excluding hydrogens is 405 g/mol. The third kappa shape index (κ3) is 5.86. The summed E-state index contributed by atoms with van der Waals surface area (Å²) < 4.78 is 71.0. The van der Waals surface area contributed by atoms with Crippen molar-refractivity contribution in [3.05, 3.63) is 59.7 Å². The van der Waals surface area contributed by atoms with E-state index < -0.39 is 27.5 Å². The van der Waals surface area contributed by atoms with Crippen LogP contribution in [0, 0.1) is 0 Å². The quantitative estimate of drug-likeness (QED) is 0.747. The number of sulfonamides is 1. The number of rotatable bonds is 6. The molecule has 1 aliphatic heterocycles. The van der Waals surface area contributed by atoms with Crippen LogP contribution in [0.4, 0.5) is 24.5 Å². The van der Waals surface area contributed by atoms with Gasteiger partial charge in [-0.15, -0.1) is 0 Å². The van der Waals surface area contributed by atoms with Crippen LogP contribution in [0.15, 0.2) is 48.5 Å². The minimum Gasteiger partial charge on any atom is -0.380 e. The van der Waals surface area contributed by atoms with Gasteiger partial charge in [-0.25, -0.2) is 8.42 Å². The number of anilines is 2. The third-order valence-electron chi connectivity index (χ3n) is 4.83. The number of hydrogen-bond acceptors (Lipinski definition) is 4. The smallest absolute Gasteiger partial charge is 0.380 e. The van der Waals surface area contributed by atoms with Crippen molar-refractivity contribution in [2.75, 3.05) is 29.8 Å². The van der Waals surface area contributed by atoms with Crippen molar-refractivity contribution in [2.24, 2.45) is 0 Å². The van der Waals surface area contributed by atoms with Crippen molar-refractivity contribution in [3.63, 3.8) is 0 Å². The van der Waals surface area contributed by atoms with E-state index >= 15 is 0 Å². The minimum absolute atomic E-state index is 0.0721. The minimum atomic E-state index is -4.51. The Balaban J connectivity index is 1.66. The Morgan fingerprint density at radius 3 is 2.55 bits per heavy atom. The van der Waals surface area contributed by atoms with Crippen LogP contribution in [0.5, 0.6) is 0 Å². The summed E-state index contributed by atoms with van der Waals surface area (Å²) in [7, 11) is -2.16. The average molecular weight is 428 g/mol. The van der Waals surface area contributed by atoms with Crippen LogP contribution >= 0.6 is 0 Å². The fraction of sp³-hybridized carbons (Fsp3) is 0.400. The summed E-state index contributed by atoms with van der Waals surface area (Å²) in [5.41, 5.74) is 0.530. The Bertz CT molecular complexity index is 931. The number of nitrogens with one attached hydrogen (secondary N) is 1. The third-order valence-corrected chi connectivity index (χ3v) is 6.09. The van der Waals surface area contributed by atoms with Gasteiger partial charge in [0.05, 0.1) is 17.4 Å². The van der Waals surface area contributed by atoms with Crippen molar-refractivity contribution < 1.29 is 26.3 Å². The number of hydrogen-bond donors (Lipinski definition) is 1. The SMILES string of the molecule is CO[C@@H]1CCCN(c2ccc(NS(=O)(=O)Cc3cccc(C(F)(F)F)c3)cc2)C1. The number of ether oxygens (including phenoxy) is 1. The number of piperidine rings is 1. The zero-order valence-electron chi connectivity index (χ0n) is 15.9. The number of nitrogens with zero attached hydrogens (tertiary/aromatic N) is 1. The van der Waals surface area contributed by atoms with Gasteiger partial charge in [0.1, 0.15) is 0 Å². The molecule has 1 N–H and O–H groups in total. The summed E-state index contributed by atoms with van der Waals surface area (Å²) in [6.45, 7) is 1.68. The fourth-order valence-electron chi connectivity index (χ4n) is 3.38. The van der Waals surface area contributed by atoms with E-state index in [0.29, 0.717) is 5.69 Å². The van der Waals surface area contributed by atoms with Gasteiger partial charge in [-0.3, -0.25) is 4.72 Å². The van der Waals surface area contributed by atoms with E-state index in [0.717, 1.165) is 43.8 Å². The normalized spacial score (nSPS) is 17.9. The predicted molar refractivity (Wildman–Crippen MR) is 106 cm³/mol. The van der Waals surface area contributed by atoms with E-state index in [1.807, 2.05) is 12.1 Å². The Labute approximate surface area is 168 Å². The van der Waals surface area contributed by atoms with Gasteiger partial charge in [-0.1, -0.05) is 18.2 Å². The lowest BCUT2D eigenvalue weighted by molar-refractivity contribution is -0.137. The van der Waals surface area contributed by atoms with Crippen LogP contribution < -0.4 is 9.62 Å². The van der Waals surface area contributed by atoms with Crippen LogP contribution in [-0.4, -0.2) is 34.7 Å². The molecule has 1 heterocycles. The standard InChI is InChI=1S/C20H23F3N2O3S/c1-28-19-6-3-11-25(13-19)18-9-7-17(8-10-18)24-29(26,27)14-15-4-2-5-16(12-15)20(21,22)23/h2,4-5,7-10,12,19,24H,3,6,11,13-14H2,1H3/t19-/m1/s1. The molecule has 0 saturated carbocycles. The highest BCUT2D eigenvalue weighted by molar-refractivity contribution is 7.91. The molecule has 1 atom stereocenters. The van der Waals surface area contributed by atoms with E-state index in [2.05, 4.69) is 9.62 Å². The summed E-state index contributed by atoms with van der Waals surface area (Å²) in [6, 6.07) is 11.3. The molecule has 2 aromatic carbocycles. The molecule has 2 aromatic rings. The zero-order chi connectivity index (χ0) is 21.1. The summed E-state index contributed by atoms with van der Waals surface area (Å²) >= 11 is 0. The maximum Gasteiger partial charge on any atom is 0.416 e. The molecule has 0 amide bonds. The molecule has 1 aliphatic rings. The van der Waals surface area contributed by atoms with Crippen molar-refractivity contribution in [3.8, 4) is 0 Å². The van der Waals surface area contributed by atoms with Gasteiger partial charge in [0.15, 0.2) is 0 Å². The molecule has 9 heteroatoms. The van der Waals surface area contributed by atoms with E-state index in [-0.39, 0.29) is 11.7 Å². The van der Waals surface area contributed by atoms with Crippen LogP contribution in [-0.2, 0) is 26.7 Å². The molecule has 1 saturated heterocycles. The van der Waals surface area contributed by atoms with Gasteiger partial charge in [-0.2, -0.15) is 13.2 Å². The molecule has 3 rings (SSSR count). The maximum atomic E-state index is 12.8. The number of alkyl halides is 3. The average Bonchev–Trinajstić information content (AvgIpc) is 2.67. The van der Waals surface area contributed by atoms with Crippen molar-refractivity contribution in [1.29, 1.82) is 0 Å². The van der Waals surface area contributed by atoms with E-state index in [1.165, 1.54) is 12.1 Å². The molecule has 0 bridgehead atoms. The van der Waals surface area contributed by atoms with Gasteiger partial charge in [0, 0.05) is 31.6 Å². The second kappa shape index (κ2) is 8.62. The van der Waals surface area contributed by atoms with Crippen LogP contribution in [0.25, 0.3) is 0 Å². The first-order chi connectivity index (χ1) is 13.7. The van der Waals surface area contributed by atoms with Crippen LogP contribution in [0.3, 0.4) is 0 Å². The number of benzene rings is 2. The molecule has 0 spiro atoms. The lowest BCUT2D eigenvalue weighted by Crippen LogP contribution is -2.39. The highest BCUT2D eigenvalue weighted by Gasteiger charge is 2.30. The van der Waals surface area contributed by atoms with Crippen molar-refractivity contribution in [1.82, 2.24) is 0 Å². The molecule has 1 fully saturated rings. The molecule has 0 aromatic heterocycles. The predicted octanol–water partition coefficient (Wildman–Crippen LogP) is 4.26. The van der Waals surface area contributed by atoms with Gasteiger partial charge in [0.2, 0.25) is 10.0 Å². The first kappa shape index (κ1) is 21.4. The number of methoxy groups -OCH3 is 1. The Morgan fingerprint density at radius 1 is 1.17 bits per heavy atom. The monoisotopic (exact) mass is 428 g/mol. The van der Waals surface area contributed by atoms with Gasteiger partial charge in [-0.05, 0) is 48.7 Å². The summed E-state index contributed by atoms with van der Waals surface area (Å²) in [4.78, 5) is 2.18. The lowest BCUT2D eigenvalue weighted by atomic mass is 10.1. The highest BCUT2D eigenvalue weighted by atomic mass is 32.2. The molecule has 0 aliphatic carbocycles. The largest absolute Gasteiger partial charge is 0.416 e. The second-order valence-corrected chi connectivity index (χ2v) is 8.77.